The average molecular weight is 297 g/mol. The molecule has 0 aromatic carbocycles. The molecule has 0 bridgehead atoms. The van der Waals surface area contributed by atoms with Crippen molar-refractivity contribution in [2.45, 2.75) is 64.1 Å². The second kappa shape index (κ2) is 6.23. The van der Waals surface area contributed by atoms with Gasteiger partial charge in [-0.15, -0.1) is 0 Å². The van der Waals surface area contributed by atoms with Gasteiger partial charge in [0.1, 0.15) is 5.54 Å². The van der Waals surface area contributed by atoms with Crippen LogP contribution in [0.5, 0.6) is 0 Å². The SMILES string of the molecule is CCOC1CC(N)(C(=O)NCC2CCCCN2C)C1(C)C. The molecule has 3 atom stereocenters. The normalized spacial score (nSPS) is 36.0. The van der Waals surface area contributed by atoms with Crippen LogP contribution in [0.15, 0.2) is 0 Å². The van der Waals surface area contributed by atoms with Gasteiger partial charge in [0.25, 0.3) is 0 Å². The number of piperidine rings is 1. The summed E-state index contributed by atoms with van der Waals surface area (Å²) >= 11 is 0. The Hall–Kier alpha value is -0.650. The summed E-state index contributed by atoms with van der Waals surface area (Å²) in [6, 6.07) is 0.442. The van der Waals surface area contributed by atoms with Crippen molar-refractivity contribution in [1.82, 2.24) is 10.2 Å². The van der Waals surface area contributed by atoms with Crippen molar-refractivity contribution in [2.24, 2.45) is 11.1 Å². The maximum absolute atomic E-state index is 12.6. The van der Waals surface area contributed by atoms with Crippen molar-refractivity contribution in [3.8, 4) is 0 Å². The van der Waals surface area contributed by atoms with E-state index in [0.29, 0.717) is 25.6 Å². The number of hydrogen-bond acceptors (Lipinski definition) is 4. The molecule has 122 valence electrons. The number of nitrogens with one attached hydrogen (secondary N) is 1. The van der Waals surface area contributed by atoms with Gasteiger partial charge in [-0.25, -0.2) is 0 Å². The van der Waals surface area contributed by atoms with Gasteiger partial charge in [-0.1, -0.05) is 20.3 Å². The summed E-state index contributed by atoms with van der Waals surface area (Å²) in [5.41, 5.74) is 5.27. The third-order valence-electron chi connectivity index (χ3n) is 5.65. The Morgan fingerprint density at radius 3 is 2.71 bits per heavy atom. The van der Waals surface area contributed by atoms with Crippen molar-refractivity contribution in [1.29, 1.82) is 0 Å². The Morgan fingerprint density at radius 2 is 2.14 bits per heavy atom. The molecule has 1 aliphatic heterocycles. The Kier molecular flexibility index (Phi) is 4.96. The molecule has 1 amide bonds. The largest absolute Gasteiger partial charge is 0.378 e. The molecule has 1 saturated heterocycles. The Balaban J connectivity index is 1.88. The van der Waals surface area contributed by atoms with E-state index in [1.807, 2.05) is 20.8 Å². The van der Waals surface area contributed by atoms with Crippen molar-refractivity contribution >= 4 is 5.91 Å². The van der Waals surface area contributed by atoms with Crippen LogP contribution in [-0.2, 0) is 9.53 Å². The molecule has 21 heavy (non-hydrogen) atoms. The quantitative estimate of drug-likeness (QED) is 0.798. The fraction of sp³-hybridized carbons (Fsp3) is 0.938. The van der Waals surface area contributed by atoms with Crippen LogP contribution in [0.2, 0.25) is 0 Å². The van der Waals surface area contributed by atoms with Crippen LogP contribution in [0.4, 0.5) is 0 Å². The van der Waals surface area contributed by atoms with Crippen molar-refractivity contribution in [2.75, 3.05) is 26.7 Å². The van der Waals surface area contributed by atoms with Gasteiger partial charge in [-0.2, -0.15) is 0 Å². The first-order valence-corrected chi connectivity index (χ1v) is 8.22. The van der Waals surface area contributed by atoms with Gasteiger partial charge in [0.15, 0.2) is 0 Å². The molecule has 0 radical (unpaired) electrons. The number of carbonyl (C=O) groups is 1. The van der Waals surface area contributed by atoms with Crippen LogP contribution in [0, 0.1) is 5.41 Å². The lowest BCUT2D eigenvalue weighted by Crippen LogP contribution is -2.76. The number of hydrogen-bond donors (Lipinski definition) is 2. The lowest BCUT2D eigenvalue weighted by atomic mass is 9.54. The molecule has 5 nitrogen and oxygen atoms in total. The molecule has 0 aromatic heterocycles. The van der Waals surface area contributed by atoms with Gasteiger partial charge in [0, 0.05) is 31.0 Å². The summed E-state index contributed by atoms with van der Waals surface area (Å²) in [6.45, 7) is 8.52. The minimum Gasteiger partial charge on any atom is -0.378 e. The zero-order valence-electron chi connectivity index (χ0n) is 13.9. The molecular weight excluding hydrogens is 266 g/mol. The highest BCUT2D eigenvalue weighted by Gasteiger charge is 2.62. The van der Waals surface area contributed by atoms with Crippen molar-refractivity contribution in [3.05, 3.63) is 0 Å². The third kappa shape index (κ3) is 2.96. The summed E-state index contributed by atoms with van der Waals surface area (Å²) in [5.74, 6) is -0.0255. The van der Waals surface area contributed by atoms with Crippen LogP contribution in [-0.4, -0.2) is 55.2 Å². The molecule has 1 aliphatic carbocycles. The second-order valence-electron chi connectivity index (χ2n) is 7.18. The van der Waals surface area contributed by atoms with Crippen molar-refractivity contribution < 1.29 is 9.53 Å². The number of likely N-dealkylation sites (N-methyl/N-ethyl adjacent to an activating group) is 1. The van der Waals surface area contributed by atoms with Gasteiger partial charge in [0.2, 0.25) is 5.91 Å². The summed E-state index contributed by atoms with van der Waals surface area (Å²) in [7, 11) is 2.13. The molecule has 0 aromatic rings. The molecule has 1 heterocycles. The van der Waals surface area contributed by atoms with E-state index < -0.39 is 5.54 Å². The summed E-state index contributed by atoms with van der Waals surface area (Å²) in [6.07, 6.45) is 4.34. The predicted octanol–water partition coefficient (Wildman–Crippen LogP) is 1.12. The minimum absolute atomic E-state index is 0.0255. The maximum Gasteiger partial charge on any atom is 0.240 e. The predicted molar refractivity (Wildman–Crippen MR) is 84.0 cm³/mol. The summed E-state index contributed by atoms with van der Waals surface area (Å²) in [5, 5.41) is 3.08. The first-order chi connectivity index (χ1) is 9.83. The topological polar surface area (TPSA) is 67.6 Å². The number of rotatable bonds is 5. The molecule has 2 aliphatic rings. The van der Waals surface area contributed by atoms with Gasteiger partial charge >= 0.3 is 0 Å². The average Bonchev–Trinajstić information content (AvgIpc) is 2.45. The Bertz CT molecular complexity index is 386. The smallest absolute Gasteiger partial charge is 0.240 e. The van der Waals surface area contributed by atoms with Crippen LogP contribution >= 0.6 is 0 Å². The van der Waals surface area contributed by atoms with E-state index >= 15 is 0 Å². The van der Waals surface area contributed by atoms with Gasteiger partial charge in [-0.3, -0.25) is 4.79 Å². The van der Waals surface area contributed by atoms with Crippen LogP contribution in [0.1, 0.15) is 46.5 Å². The van der Waals surface area contributed by atoms with E-state index in [9.17, 15) is 4.79 Å². The van der Waals surface area contributed by atoms with E-state index in [1.165, 1.54) is 12.8 Å². The van der Waals surface area contributed by atoms with E-state index in [2.05, 4.69) is 17.3 Å². The molecule has 1 saturated carbocycles. The molecule has 5 heteroatoms. The molecular formula is C16H31N3O2. The lowest BCUT2D eigenvalue weighted by Gasteiger charge is -2.57. The third-order valence-corrected chi connectivity index (χ3v) is 5.65. The van der Waals surface area contributed by atoms with Gasteiger partial charge in [0.05, 0.1) is 6.10 Å². The maximum atomic E-state index is 12.6. The molecule has 3 unspecified atom stereocenters. The first kappa shape index (κ1) is 16.7. The van der Waals surface area contributed by atoms with E-state index in [-0.39, 0.29) is 17.4 Å². The fourth-order valence-corrected chi connectivity index (χ4v) is 3.59. The monoisotopic (exact) mass is 297 g/mol. The standard InChI is InChI=1S/C16H31N3O2/c1-5-21-13-10-16(17,15(13,2)3)14(20)18-11-12-8-6-7-9-19(12)4/h12-13H,5-11,17H2,1-4H3,(H,18,20). The molecule has 2 fully saturated rings. The number of likely N-dealkylation sites (tertiary alicyclic amines) is 1. The lowest BCUT2D eigenvalue weighted by molar-refractivity contribution is -0.170. The van der Waals surface area contributed by atoms with E-state index in [1.54, 1.807) is 0 Å². The fourth-order valence-electron chi connectivity index (χ4n) is 3.59. The second-order valence-corrected chi connectivity index (χ2v) is 7.18. The van der Waals surface area contributed by atoms with E-state index in [0.717, 1.165) is 13.0 Å². The minimum atomic E-state index is -0.805. The Labute approximate surface area is 128 Å². The number of amides is 1. The van der Waals surface area contributed by atoms with Gasteiger partial charge < -0.3 is 20.7 Å². The van der Waals surface area contributed by atoms with Crippen molar-refractivity contribution in [3.63, 3.8) is 0 Å². The number of carbonyl (C=O) groups excluding carboxylic acids is 1. The summed E-state index contributed by atoms with van der Waals surface area (Å²) < 4.78 is 5.68. The Morgan fingerprint density at radius 1 is 1.43 bits per heavy atom. The van der Waals surface area contributed by atoms with Crippen LogP contribution in [0.3, 0.4) is 0 Å². The van der Waals surface area contributed by atoms with Crippen LogP contribution in [0.25, 0.3) is 0 Å². The zero-order chi connectivity index (χ0) is 15.7. The first-order valence-electron chi connectivity index (χ1n) is 8.22. The highest BCUT2D eigenvalue weighted by Crippen LogP contribution is 2.49. The summed E-state index contributed by atoms with van der Waals surface area (Å²) in [4.78, 5) is 14.9. The molecule has 2 rings (SSSR count). The van der Waals surface area contributed by atoms with E-state index in [4.69, 9.17) is 10.5 Å². The van der Waals surface area contributed by atoms with Gasteiger partial charge in [-0.05, 0) is 33.4 Å². The molecule has 3 N–H and O–H groups in total. The molecule has 0 spiro atoms. The van der Waals surface area contributed by atoms with Crippen LogP contribution < -0.4 is 11.1 Å². The number of ether oxygens (including phenoxy) is 1. The number of nitrogens with two attached hydrogens (primary N) is 1. The highest BCUT2D eigenvalue weighted by molar-refractivity contribution is 5.88. The highest BCUT2D eigenvalue weighted by atomic mass is 16.5. The number of nitrogens with zero attached hydrogens (tertiary/aromatic N) is 1. The zero-order valence-corrected chi connectivity index (χ0v) is 13.9.